The summed E-state index contributed by atoms with van der Waals surface area (Å²) in [5.41, 5.74) is 0. The Bertz CT molecular complexity index is 536. The van der Waals surface area contributed by atoms with E-state index in [-0.39, 0.29) is 0 Å². The maximum Gasteiger partial charge on any atom is 0.336 e. The fraction of sp³-hybridized carbons (Fsp3) is 0.0714. The van der Waals surface area contributed by atoms with Crippen LogP contribution in [0.2, 0.25) is 0 Å². The van der Waals surface area contributed by atoms with E-state index >= 15 is 0 Å². The number of carbonyl (C=O) groups is 1. The van der Waals surface area contributed by atoms with Crippen molar-refractivity contribution in [3.63, 3.8) is 0 Å². The Hall–Kier alpha value is -2.09. The minimum atomic E-state index is -0.404. The quantitative estimate of drug-likeness (QED) is 0.433. The molecule has 2 heteroatoms. The monoisotopic (exact) mass is 211 g/mol. The van der Waals surface area contributed by atoms with Gasteiger partial charge in [-0.2, -0.15) is 0 Å². The van der Waals surface area contributed by atoms with Gasteiger partial charge in [0.25, 0.3) is 0 Å². The van der Waals surface area contributed by atoms with Gasteiger partial charge in [0.1, 0.15) is 5.75 Å². The van der Waals surface area contributed by atoms with Crippen LogP contribution in [-0.2, 0) is 4.79 Å². The first-order valence-electron chi connectivity index (χ1n) is 5.01. The highest BCUT2D eigenvalue weighted by Gasteiger charge is 2.04. The van der Waals surface area contributed by atoms with Gasteiger partial charge < -0.3 is 4.74 Å². The normalized spacial score (nSPS) is 10.8. The number of ether oxygens (including phenoxy) is 1. The van der Waals surface area contributed by atoms with Crippen molar-refractivity contribution in [2.24, 2.45) is 0 Å². The summed E-state index contributed by atoms with van der Waals surface area (Å²) in [4.78, 5) is 11.3. The number of esters is 1. The predicted molar refractivity (Wildman–Crippen MR) is 63.1 cm³/mol. The van der Waals surface area contributed by atoms with Gasteiger partial charge in [0.2, 0.25) is 0 Å². The topological polar surface area (TPSA) is 26.3 Å². The zero-order valence-electron chi connectivity index (χ0n) is 8.94. The van der Waals surface area contributed by atoms with Gasteiger partial charge >= 0.3 is 5.97 Å². The van der Waals surface area contributed by atoms with Crippen molar-refractivity contribution in [1.29, 1.82) is 0 Å². The molecule has 0 saturated carbocycles. The Morgan fingerprint density at radius 3 is 2.75 bits per heavy atom. The van der Waals surface area contributed by atoms with E-state index in [1.807, 2.05) is 36.4 Å². The maximum atomic E-state index is 11.3. The van der Waals surface area contributed by atoms with E-state index in [1.165, 1.54) is 6.08 Å². The van der Waals surface area contributed by atoms with Crippen LogP contribution in [0, 0.1) is 6.08 Å². The standard InChI is InChI=1S/C14H11O2/c1-2-6-14(15)16-13-10-5-8-11-7-3-4-9-12(11)13/h3-10H,1H3. The largest absolute Gasteiger partial charge is 0.423 e. The second kappa shape index (κ2) is 4.62. The third-order valence-electron chi connectivity index (χ3n) is 2.22. The molecule has 0 amide bonds. The zero-order chi connectivity index (χ0) is 11.4. The molecule has 0 aliphatic rings. The first-order chi connectivity index (χ1) is 7.81. The van der Waals surface area contributed by atoms with Crippen molar-refractivity contribution in [2.45, 2.75) is 6.92 Å². The first kappa shape index (κ1) is 10.4. The van der Waals surface area contributed by atoms with Crippen molar-refractivity contribution >= 4 is 16.7 Å². The number of allylic oxidation sites excluding steroid dienone is 1. The summed E-state index contributed by atoms with van der Waals surface area (Å²) in [6.45, 7) is 1.66. The Balaban J connectivity index is 2.41. The van der Waals surface area contributed by atoms with Crippen LogP contribution in [0.25, 0.3) is 10.8 Å². The molecule has 0 saturated heterocycles. The van der Waals surface area contributed by atoms with Crippen molar-refractivity contribution in [3.05, 3.63) is 54.6 Å². The molecule has 0 heterocycles. The fourth-order valence-corrected chi connectivity index (χ4v) is 1.54. The summed E-state index contributed by atoms with van der Waals surface area (Å²) in [6.07, 6.45) is 3.92. The lowest BCUT2D eigenvalue weighted by atomic mass is 10.1. The number of hydrogen-bond acceptors (Lipinski definition) is 2. The van der Waals surface area contributed by atoms with E-state index in [0.29, 0.717) is 5.75 Å². The summed E-state index contributed by atoms with van der Waals surface area (Å²) < 4.78 is 5.21. The highest BCUT2D eigenvalue weighted by atomic mass is 16.5. The summed E-state index contributed by atoms with van der Waals surface area (Å²) in [5, 5.41) is 1.99. The van der Waals surface area contributed by atoms with Crippen LogP contribution >= 0.6 is 0 Å². The van der Waals surface area contributed by atoms with E-state index in [0.717, 1.165) is 10.8 Å². The third kappa shape index (κ3) is 2.11. The summed E-state index contributed by atoms with van der Waals surface area (Å²) in [7, 11) is 0. The average molecular weight is 211 g/mol. The van der Waals surface area contributed by atoms with Crippen LogP contribution in [0.15, 0.2) is 48.5 Å². The highest BCUT2D eigenvalue weighted by Crippen LogP contribution is 2.25. The molecule has 2 aromatic rings. The van der Waals surface area contributed by atoms with Gasteiger partial charge in [0.05, 0.1) is 0 Å². The predicted octanol–water partition coefficient (Wildman–Crippen LogP) is 3.12. The Kier molecular flexibility index (Phi) is 3.01. The molecule has 0 aliphatic carbocycles. The van der Waals surface area contributed by atoms with E-state index < -0.39 is 5.97 Å². The van der Waals surface area contributed by atoms with Crippen molar-refractivity contribution in [2.75, 3.05) is 0 Å². The highest BCUT2D eigenvalue weighted by molar-refractivity contribution is 5.92. The van der Waals surface area contributed by atoms with Crippen LogP contribution < -0.4 is 4.74 Å². The molecular formula is C14H11O2. The average Bonchev–Trinajstić information content (AvgIpc) is 2.30. The molecule has 0 aliphatic heterocycles. The first-order valence-corrected chi connectivity index (χ1v) is 5.01. The Morgan fingerprint density at radius 1 is 1.19 bits per heavy atom. The molecule has 0 N–H and O–H groups in total. The molecule has 2 aromatic carbocycles. The van der Waals surface area contributed by atoms with Gasteiger partial charge in [-0.25, -0.2) is 4.79 Å². The molecule has 0 unspecified atom stereocenters. The molecule has 0 fully saturated rings. The molecular weight excluding hydrogens is 200 g/mol. The smallest absolute Gasteiger partial charge is 0.336 e. The van der Waals surface area contributed by atoms with Crippen molar-refractivity contribution in [1.82, 2.24) is 0 Å². The van der Waals surface area contributed by atoms with E-state index in [4.69, 9.17) is 4.74 Å². The van der Waals surface area contributed by atoms with Gasteiger partial charge in [-0.05, 0) is 24.5 Å². The fourth-order valence-electron chi connectivity index (χ4n) is 1.54. The molecule has 0 aromatic heterocycles. The van der Waals surface area contributed by atoms with Crippen LogP contribution in [0.3, 0.4) is 0 Å². The maximum absolute atomic E-state index is 11.3. The summed E-state index contributed by atoms with van der Waals surface area (Å²) in [5.74, 6) is 0.174. The van der Waals surface area contributed by atoms with Crippen LogP contribution in [-0.4, -0.2) is 5.97 Å². The molecule has 2 nitrogen and oxygen atoms in total. The number of fused-ring (bicyclic) bond motifs is 1. The van der Waals surface area contributed by atoms with Gasteiger partial charge in [0.15, 0.2) is 0 Å². The second-order valence-electron chi connectivity index (χ2n) is 3.33. The SMILES string of the molecule is C[C]=CC(=O)Oc1cccc2ccccc12. The van der Waals surface area contributed by atoms with Crippen molar-refractivity contribution < 1.29 is 9.53 Å². The van der Waals surface area contributed by atoms with Crippen LogP contribution in [0.1, 0.15) is 6.92 Å². The van der Waals surface area contributed by atoms with Gasteiger partial charge in [-0.1, -0.05) is 36.4 Å². The Morgan fingerprint density at radius 2 is 1.94 bits per heavy atom. The van der Waals surface area contributed by atoms with Crippen LogP contribution in [0.4, 0.5) is 0 Å². The van der Waals surface area contributed by atoms with E-state index in [1.54, 1.807) is 13.0 Å². The molecule has 1 radical (unpaired) electrons. The lowest BCUT2D eigenvalue weighted by Gasteiger charge is -2.05. The Labute approximate surface area is 94.2 Å². The number of benzene rings is 2. The van der Waals surface area contributed by atoms with Gasteiger partial charge in [-0.3, -0.25) is 0 Å². The molecule has 0 bridgehead atoms. The molecule has 79 valence electrons. The number of hydrogen-bond donors (Lipinski definition) is 0. The lowest BCUT2D eigenvalue weighted by Crippen LogP contribution is -2.03. The molecule has 2 rings (SSSR count). The van der Waals surface area contributed by atoms with Gasteiger partial charge in [-0.15, -0.1) is 0 Å². The van der Waals surface area contributed by atoms with E-state index in [2.05, 4.69) is 6.08 Å². The number of carbonyl (C=O) groups excluding carboxylic acids is 1. The van der Waals surface area contributed by atoms with Gasteiger partial charge in [0, 0.05) is 11.5 Å². The van der Waals surface area contributed by atoms with E-state index in [9.17, 15) is 4.79 Å². The third-order valence-corrected chi connectivity index (χ3v) is 2.22. The minimum Gasteiger partial charge on any atom is -0.423 e. The number of rotatable bonds is 2. The summed E-state index contributed by atoms with van der Waals surface area (Å²) >= 11 is 0. The molecule has 0 spiro atoms. The zero-order valence-corrected chi connectivity index (χ0v) is 8.94. The molecule has 16 heavy (non-hydrogen) atoms. The van der Waals surface area contributed by atoms with Crippen molar-refractivity contribution in [3.8, 4) is 5.75 Å². The lowest BCUT2D eigenvalue weighted by molar-refractivity contribution is -0.128. The second-order valence-corrected chi connectivity index (χ2v) is 3.33. The minimum absolute atomic E-state index is 0.404. The van der Waals surface area contributed by atoms with Crippen LogP contribution in [0.5, 0.6) is 5.75 Å². The molecule has 0 atom stereocenters. The summed E-state index contributed by atoms with van der Waals surface area (Å²) in [6, 6.07) is 13.4.